The molecular formula is C11H17ClN2. The fourth-order valence-electron chi connectivity index (χ4n) is 1.43. The van der Waals surface area contributed by atoms with Gasteiger partial charge >= 0.3 is 0 Å². The maximum absolute atomic E-state index is 5.94. The zero-order valence-corrected chi connectivity index (χ0v) is 9.22. The lowest BCUT2D eigenvalue weighted by Crippen LogP contribution is -2.25. The van der Waals surface area contributed by atoms with Gasteiger partial charge in [0.15, 0.2) is 0 Å². The van der Waals surface area contributed by atoms with Gasteiger partial charge in [0.2, 0.25) is 0 Å². The Morgan fingerprint density at radius 3 is 2.43 bits per heavy atom. The van der Waals surface area contributed by atoms with Crippen molar-refractivity contribution in [1.82, 2.24) is 0 Å². The van der Waals surface area contributed by atoms with Crippen LogP contribution in [0.4, 0.5) is 0 Å². The average Bonchev–Trinajstić information content (AvgIpc) is 2.19. The van der Waals surface area contributed by atoms with E-state index in [-0.39, 0.29) is 0 Å². The highest BCUT2D eigenvalue weighted by Crippen LogP contribution is 2.18. The van der Waals surface area contributed by atoms with Gasteiger partial charge in [-0.2, -0.15) is 0 Å². The summed E-state index contributed by atoms with van der Waals surface area (Å²) in [7, 11) is 0. The summed E-state index contributed by atoms with van der Waals surface area (Å²) in [6.07, 6.45) is 0.936. The van der Waals surface area contributed by atoms with E-state index in [9.17, 15) is 0 Å². The maximum Gasteiger partial charge on any atom is 0.0435 e. The molecule has 0 spiro atoms. The summed E-state index contributed by atoms with van der Waals surface area (Å²) in [5, 5.41) is 0.811. The average molecular weight is 213 g/mol. The Bertz CT molecular complexity index is 295. The molecule has 78 valence electrons. The van der Waals surface area contributed by atoms with Gasteiger partial charge in [0.05, 0.1) is 0 Å². The van der Waals surface area contributed by atoms with E-state index in [4.69, 9.17) is 23.1 Å². The Morgan fingerprint density at radius 1 is 1.29 bits per heavy atom. The molecule has 0 saturated heterocycles. The van der Waals surface area contributed by atoms with Gasteiger partial charge in [-0.05, 0) is 49.5 Å². The molecule has 0 atom stereocenters. The van der Waals surface area contributed by atoms with Crippen molar-refractivity contribution in [1.29, 1.82) is 0 Å². The summed E-state index contributed by atoms with van der Waals surface area (Å²) < 4.78 is 0. The van der Waals surface area contributed by atoms with Gasteiger partial charge in [-0.15, -0.1) is 0 Å². The van der Waals surface area contributed by atoms with Crippen LogP contribution in [0.2, 0.25) is 5.02 Å². The lowest BCUT2D eigenvalue weighted by molar-refractivity contribution is 0.548. The molecule has 0 aliphatic rings. The smallest absolute Gasteiger partial charge is 0.0435 e. The quantitative estimate of drug-likeness (QED) is 0.799. The van der Waals surface area contributed by atoms with Crippen LogP contribution in [-0.2, 0) is 6.42 Å². The molecule has 0 fully saturated rings. The van der Waals surface area contributed by atoms with E-state index >= 15 is 0 Å². The SMILES string of the molecule is Cc1cc(CC(CN)CN)ccc1Cl. The number of benzene rings is 1. The number of nitrogens with two attached hydrogens (primary N) is 2. The van der Waals surface area contributed by atoms with Gasteiger partial charge in [0, 0.05) is 5.02 Å². The highest BCUT2D eigenvalue weighted by molar-refractivity contribution is 6.31. The van der Waals surface area contributed by atoms with E-state index in [1.807, 2.05) is 19.1 Å². The molecule has 0 aliphatic heterocycles. The molecular weight excluding hydrogens is 196 g/mol. The van der Waals surface area contributed by atoms with E-state index in [1.165, 1.54) is 5.56 Å². The van der Waals surface area contributed by atoms with E-state index in [0.29, 0.717) is 19.0 Å². The highest BCUT2D eigenvalue weighted by Gasteiger charge is 2.06. The molecule has 14 heavy (non-hydrogen) atoms. The summed E-state index contributed by atoms with van der Waals surface area (Å²) in [5.41, 5.74) is 13.6. The van der Waals surface area contributed by atoms with Crippen molar-refractivity contribution in [3.05, 3.63) is 34.3 Å². The molecule has 0 bridgehead atoms. The Labute approximate surface area is 90.2 Å². The minimum absolute atomic E-state index is 0.371. The molecule has 0 saturated carbocycles. The molecule has 0 aliphatic carbocycles. The van der Waals surface area contributed by atoms with E-state index < -0.39 is 0 Å². The molecule has 3 heteroatoms. The van der Waals surface area contributed by atoms with Crippen LogP contribution >= 0.6 is 11.6 Å². The van der Waals surface area contributed by atoms with E-state index in [1.54, 1.807) is 0 Å². The van der Waals surface area contributed by atoms with Crippen LogP contribution in [0, 0.1) is 12.8 Å². The fraction of sp³-hybridized carbons (Fsp3) is 0.455. The number of aryl methyl sites for hydroxylation is 1. The normalized spacial score (nSPS) is 10.9. The Hall–Kier alpha value is -0.570. The van der Waals surface area contributed by atoms with Crippen LogP contribution in [0.25, 0.3) is 0 Å². The summed E-state index contributed by atoms with van der Waals surface area (Å²) >= 11 is 5.94. The number of hydrogen-bond acceptors (Lipinski definition) is 2. The van der Waals surface area contributed by atoms with Crippen LogP contribution in [0.15, 0.2) is 18.2 Å². The third-order valence-electron chi connectivity index (χ3n) is 2.41. The number of rotatable bonds is 4. The monoisotopic (exact) mass is 212 g/mol. The van der Waals surface area contributed by atoms with Crippen molar-refractivity contribution >= 4 is 11.6 Å². The van der Waals surface area contributed by atoms with E-state index in [0.717, 1.165) is 17.0 Å². The topological polar surface area (TPSA) is 52.0 Å². The standard InChI is InChI=1S/C11H17ClN2/c1-8-4-9(2-3-11(8)12)5-10(6-13)7-14/h2-4,10H,5-7,13-14H2,1H3. The van der Waals surface area contributed by atoms with Gasteiger partial charge in [-0.25, -0.2) is 0 Å². The largest absolute Gasteiger partial charge is 0.330 e. The lowest BCUT2D eigenvalue weighted by atomic mass is 9.98. The maximum atomic E-state index is 5.94. The van der Waals surface area contributed by atoms with Crippen molar-refractivity contribution in [2.45, 2.75) is 13.3 Å². The second-order valence-electron chi connectivity index (χ2n) is 3.63. The summed E-state index contributed by atoms with van der Waals surface area (Å²) in [4.78, 5) is 0. The molecule has 1 aromatic carbocycles. The van der Waals surface area contributed by atoms with Crippen molar-refractivity contribution < 1.29 is 0 Å². The van der Waals surface area contributed by atoms with Crippen molar-refractivity contribution in [3.8, 4) is 0 Å². The zero-order chi connectivity index (χ0) is 10.6. The summed E-state index contributed by atoms with van der Waals surface area (Å²) in [6, 6.07) is 6.06. The molecule has 0 aromatic heterocycles. The Balaban J connectivity index is 2.72. The van der Waals surface area contributed by atoms with Gasteiger partial charge in [0.1, 0.15) is 0 Å². The number of hydrogen-bond donors (Lipinski definition) is 2. The zero-order valence-electron chi connectivity index (χ0n) is 8.46. The first-order valence-corrected chi connectivity index (χ1v) is 5.20. The third-order valence-corrected chi connectivity index (χ3v) is 2.84. The van der Waals surface area contributed by atoms with Crippen molar-refractivity contribution in [2.75, 3.05) is 13.1 Å². The third kappa shape index (κ3) is 2.98. The molecule has 0 radical (unpaired) electrons. The minimum Gasteiger partial charge on any atom is -0.330 e. The Morgan fingerprint density at radius 2 is 1.93 bits per heavy atom. The van der Waals surface area contributed by atoms with Crippen LogP contribution in [0.3, 0.4) is 0 Å². The fourth-order valence-corrected chi connectivity index (χ4v) is 1.55. The van der Waals surface area contributed by atoms with Crippen LogP contribution < -0.4 is 11.5 Å². The second-order valence-corrected chi connectivity index (χ2v) is 4.03. The first-order valence-electron chi connectivity index (χ1n) is 4.82. The van der Waals surface area contributed by atoms with Gasteiger partial charge in [0.25, 0.3) is 0 Å². The van der Waals surface area contributed by atoms with Crippen LogP contribution in [0.1, 0.15) is 11.1 Å². The molecule has 4 N–H and O–H groups in total. The summed E-state index contributed by atoms with van der Waals surface area (Å²) in [6.45, 7) is 3.28. The van der Waals surface area contributed by atoms with Crippen molar-refractivity contribution in [2.24, 2.45) is 17.4 Å². The first-order chi connectivity index (χ1) is 6.67. The van der Waals surface area contributed by atoms with E-state index in [2.05, 4.69) is 6.07 Å². The number of halogens is 1. The van der Waals surface area contributed by atoms with Crippen molar-refractivity contribution in [3.63, 3.8) is 0 Å². The summed E-state index contributed by atoms with van der Waals surface area (Å²) in [5.74, 6) is 0.371. The Kier molecular flexibility index (Phi) is 4.39. The van der Waals surface area contributed by atoms with Gasteiger partial charge < -0.3 is 11.5 Å². The second kappa shape index (κ2) is 5.35. The van der Waals surface area contributed by atoms with Crippen LogP contribution in [-0.4, -0.2) is 13.1 Å². The molecule has 0 heterocycles. The highest BCUT2D eigenvalue weighted by atomic mass is 35.5. The van der Waals surface area contributed by atoms with Gasteiger partial charge in [-0.1, -0.05) is 23.7 Å². The lowest BCUT2D eigenvalue weighted by Gasteiger charge is -2.12. The first kappa shape index (κ1) is 11.5. The predicted molar refractivity (Wildman–Crippen MR) is 61.5 cm³/mol. The molecule has 2 nitrogen and oxygen atoms in total. The molecule has 0 amide bonds. The molecule has 1 rings (SSSR count). The molecule has 0 unspecified atom stereocenters. The predicted octanol–water partition coefficient (Wildman–Crippen LogP) is 1.72. The van der Waals surface area contributed by atoms with Gasteiger partial charge in [-0.3, -0.25) is 0 Å². The van der Waals surface area contributed by atoms with Crippen LogP contribution in [0.5, 0.6) is 0 Å². The minimum atomic E-state index is 0.371. The molecule has 1 aromatic rings.